The minimum absolute atomic E-state index is 0.0628. The first-order valence-corrected chi connectivity index (χ1v) is 7.37. The van der Waals surface area contributed by atoms with Crippen molar-refractivity contribution in [1.29, 1.82) is 0 Å². The highest BCUT2D eigenvalue weighted by Gasteiger charge is 2.18. The van der Waals surface area contributed by atoms with Gasteiger partial charge in [0.05, 0.1) is 11.6 Å². The topological polar surface area (TPSA) is 72.3 Å². The molecule has 0 spiro atoms. The zero-order valence-corrected chi connectivity index (χ0v) is 13.6. The molecule has 2 aromatic rings. The second-order valence-electron chi connectivity index (χ2n) is 4.98. The van der Waals surface area contributed by atoms with Crippen LogP contribution in [0.15, 0.2) is 46.9 Å². The first-order chi connectivity index (χ1) is 9.90. The SMILES string of the molecule is CC(c1cccc(N)c1)N(C)c1ccc(Br)cc1C(N)=O. The van der Waals surface area contributed by atoms with Crippen LogP contribution in [0.25, 0.3) is 0 Å². The Morgan fingerprint density at radius 3 is 2.57 bits per heavy atom. The monoisotopic (exact) mass is 347 g/mol. The van der Waals surface area contributed by atoms with Gasteiger partial charge in [0.1, 0.15) is 0 Å². The third-order valence-corrected chi connectivity index (χ3v) is 4.07. The summed E-state index contributed by atoms with van der Waals surface area (Å²) in [5.41, 5.74) is 14.4. The predicted molar refractivity (Wildman–Crippen MR) is 90.3 cm³/mol. The van der Waals surface area contributed by atoms with Gasteiger partial charge in [0.2, 0.25) is 0 Å². The van der Waals surface area contributed by atoms with E-state index in [4.69, 9.17) is 11.5 Å². The Morgan fingerprint density at radius 1 is 1.24 bits per heavy atom. The van der Waals surface area contributed by atoms with Gasteiger partial charge in [-0.2, -0.15) is 0 Å². The van der Waals surface area contributed by atoms with E-state index in [-0.39, 0.29) is 6.04 Å². The van der Waals surface area contributed by atoms with Gasteiger partial charge in [-0.3, -0.25) is 4.79 Å². The molecule has 5 heteroatoms. The highest BCUT2D eigenvalue weighted by atomic mass is 79.9. The summed E-state index contributed by atoms with van der Waals surface area (Å²) in [6.45, 7) is 2.06. The molecule has 1 atom stereocenters. The fourth-order valence-corrected chi connectivity index (χ4v) is 2.63. The summed E-state index contributed by atoms with van der Waals surface area (Å²) in [6, 6.07) is 13.3. The van der Waals surface area contributed by atoms with E-state index >= 15 is 0 Å². The fraction of sp³-hybridized carbons (Fsp3) is 0.188. The van der Waals surface area contributed by atoms with Crippen LogP contribution in [0.5, 0.6) is 0 Å². The van der Waals surface area contributed by atoms with Crippen LogP contribution in [0.1, 0.15) is 28.9 Å². The molecular weight excluding hydrogens is 330 g/mol. The second-order valence-corrected chi connectivity index (χ2v) is 5.90. The Labute approximate surface area is 132 Å². The van der Waals surface area contributed by atoms with Gasteiger partial charge in [-0.05, 0) is 42.8 Å². The van der Waals surface area contributed by atoms with E-state index < -0.39 is 5.91 Å². The molecule has 0 aromatic heterocycles. The van der Waals surface area contributed by atoms with E-state index in [9.17, 15) is 4.79 Å². The van der Waals surface area contributed by atoms with E-state index in [0.717, 1.165) is 21.4 Å². The number of benzene rings is 2. The Balaban J connectivity index is 2.40. The van der Waals surface area contributed by atoms with Crippen LogP contribution in [0, 0.1) is 0 Å². The maximum absolute atomic E-state index is 11.6. The van der Waals surface area contributed by atoms with Crippen LogP contribution in [-0.4, -0.2) is 13.0 Å². The normalized spacial score (nSPS) is 12.0. The average molecular weight is 348 g/mol. The maximum Gasteiger partial charge on any atom is 0.250 e. The van der Waals surface area contributed by atoms with Crippen LogP contribution in [0.3, 0.4) is 0 Å². The molecule has 0 bridgehead atoms. The minimum Gasteiger partial charge on any atom is -0.399 e. The maximum atomic E-state index is 11.6. The lowest BCUT2D eigenvalue weighted by Crippen LogP contribution is -2.25. The summed E-state index contributed by atoms with van der Waals surface area (Å²) in [6.07, 6.45) is 0. The van der Waals surface area contributed by atoms with Crippen LogP contribution in [0.2, 0.25) is 0 Å². The smallest absolute Gasteiger partial charge is 0.250 e. The molecular formula is C16H18BrN3O. The molecule has 4 nitrogen and oxygen atoms in total. The van der Waals surface area contributed by atoms with Crippen molar-refractivity contribution in [3.63, 3.8) is 0 Å². The molecule has 0 aliphatic carbocycles. The molecule has 1 unspecified atom stereocenters. The molecule has 1 amide bonds. The van der Waals surface area contributed by atoms with Crippen molar-refractivity contribution in [2.24, 2.45) is 5.73 Å². The number of carbonyl (C=O) groups is 1. The number of anilines is 2. The van der Waals surface area contributed by atoms with Crippen molar-refractivity contribution in [2.75, 3.05) is 17.7 Å². The lowest BCUT2D eigenvalue weighted by molar-refractivity contribution is 0.100. The number of halogens is 1. The van der Waals surface area contributed by atoms with Crippen molar-refractivity contribution in [3.05, 3.63) is 58.1 Å². The second kappa shape index (κ2) is 6.18. The summed E-state index contributed by atoms with van der Waals surface area (Å²) >= 11 is 3.36. The zero-order valence-electron chi connectivity index (χ0n) is 12.0. The van der Waals surface area contributed by atoms with E-state index in [1.807, 2.05) is 48.3 Å². The number of nitrogens with two attached hydrogens (primary N) is 2. The Morgan fingerprint density at radius 2 is 1.95 bits per heavy atom. The highest BCUT2D eigenvalue weighted by Crippen LogP contribution is 2.30. The molecule has 2 aromatic carbocycles. The predicted octanol–water partition coefficient (Wildman–Crippen LogP) is 3.33. The van der Waals surface area contributed by atoms with E-state index in [1.54, 1.807) is 6.07 Å². The largest absolute Gasteiger partial charge is 0.399 e. The summed E-state index contributed by atoms with van der Waals surface area (Å²) < 4.78 is 0.824. The van der Waals surface area contributed by atoms with Crippen molar-refractivity contribution in [2.45, 2.75) is 13.0 Å². The highest BCUT2D eigenvalue weighted by molar-refractivity contribution is 9.10. The number of hydrogen-bond donors (Lipinski definition) is 2. The van der Waals surface area contributed by atoms with Crippen molar-refractivity contribution in [1.82, 2.24) is 0 Å². The number of hydrogen-bond acceptors (Lipinski definition) is 3. The molecule has 0 radical (unpaired) electrons. The van der Waals surface area contributed by atoms with Crippen molar-refractivity contribution < 1.29 is 4.79 Å². The Hall–Kier alpha value is -2.01. The first-order valence-electron chi connectivity index (χ1n) is 6.57. The molecule has 2 rings (SSSR count). The number of primary amides is 1. The molecule has 0 aliphatic heterocycles. The third-order valence-electron chi connectivity index (χ3n) is 3.58. The molecule has 0 heterocycles. The van der Waals surface area contributed by atoms with Crippen molar-refractivity contribution in [3.8, 4) is 0 Å². The Bertz CT molecular complexity index is 672. The van der Waals surface area contributed by atoms with Gasteiger partial charge >= 0.3 is 0 Å². The third kappa shape index (κ3) is 3.36. The van der Waals surface area contributed by atoms with Gasteiger partial charge in [-0.1, -0.05) is 28.1 Å². The van der Waals surface area contributed by atoms with Gasteiger partial charge in [-0.15, -0.1) is 0 Å². The van der Waals surface area contributed by atoms with Gasteiger partial charge < -0.3 is 16.4 Å². The van der Waals surface area contributed by atoms with Gasteiger partial charge in [0, 0.05) is 22.9 Å². The first kappa shape index (κ1) is 15.4. The van der Waals surface area contributed by atoms with Gasteiger partial charge in [0.25, 0.3) is 5.91 Å². The van der Waals surface area contributed by atoms with Gasteiger partial charge in [0.15, 0.2) is 0 Å². The zero-order chi connectivity index (χ0) is 15.6. The number of carbonyl (C=O) groups excluding carboxylic acids is 1. The molecule has 110 valence electrons. The average Bonchev–Trinajstić information content (AvgIpc) is 2.45. The number of rotatable bonds is 4. The molecule has 0 saturated carbocycles. The number of nitrogen functional groups attached to an aromatic ring is 1. The van der Waals surface area contributed by atoms with Crippen LogP contribution < -0.4 is 16.4 Å². The lowest BCUT2D eigenvalue weighted by atomic mass is 10.0. The quantitative estimate of drug-likeness (QED) is 0.833. The molecule has 0 aliphatic rings. The number of nitrogens with zero attached hydrogens (tertiary/aromatic N) is 1. The van der Waals surface area contributed by atoms with E-state index in [0.29, 0.717) is 5.56 Å². The number of amides is 1. The van der Waals surface area contributed by atoms with Crippen LogP contribution >= 0.6 is 15.9 Å². The molecule has 4 N–H and O–H groups in total. The molecule has 0 fully saturated rings. The molecule has 21 heavy (non-hydrogen) atoms. The summed E-state index contributed by atoms with van der Waals surface area (Å²) in [7, 11) is 1.93. The van der Waals surface area contributed by atoms with Crippen molar-refractivity contribution >= 4 is 33.2 Å². The standard InChI is InChI=1S/C16H18BrN3O/c1-10(11-4-3-5-13(18)8-11)20(2)15-7-6-12(17)9-14(15)16(19)21/h3-10H,18H2,1-2H3,(H2,19,21). The summed E-state index contributed by atoms with van der Waals surface area (Å²) in [4.78, 5) is 13.7. The van der Waals surface area contributed by atoms with E-state index in [2.05, 4.69) is 22.9 Å². The Kier molecular flexibility index (Phi) is 4.53. The van der Waals surface area contributed by atoms with Gasteiger partial charge in [-0.25, -0.2) is 0 Å². The van der Waals surface area contributed by atoms with Crippen LogP contribution in [-0.2, 0) is 0 Å². The summed E-state index contributed by atoms with van der Waals surface area (Å²) in [5, 5.41) is 0. The van der Waals surface area contributed by atoms with E-state index in [1.165, 1.54) is 0 Å². The van der Waals surface area contributed by atoms with Crippen LogP contribution in [0.4, 0.5) is 11.4 Å². The molecule has 0 saturated heterocycles. The summed E-state index contributed by atoms with van der Waals surface area (Å²) in [5.74, 6) is -0.446. The fourth-order valence-electron chi connectivity index (χ4n) is 2.26. The minimum atomic E-state index is -0.446. The lowest BCUT2D eigenvalue weighted by Gasteiger charge is -2.29.